The van der Waals surface area contributed by atoms with Crippen LogP contribution in [0, 0.1) is 0 Å². The SMILES string of the molecule is CC(=O)OC[N+]1(C)CCCCC1. The van der Waals surface area contributed by atoms with Crippen molar-refractivity contribution in [2.45, 2.75) is 26.2 Å². The van der Waals surface area contributed by atoms with Crippen LogP contribution < -0.4 is 0 Å². The van der Waals surface area contributed by atoms with Crippen LogP contribution >= 0.6 is 0 Å². The first-order chi connectivity index (χ1) is 5.62. The van der Waals surface area contributed by atoms with E-state index >= 15 is 0 Å². The quantitative estimate of drug-likeness (QED) is 0.461. The number of likely N-dealkylation sites (tertiary alicyclic amines) is 1. The summed E-state index contributed by atoms with van der Waals surface area (Å²) in [6.07, 6.45) is 3.85. The summed E-state index contributed by atoms with van der Waals surface area (Å²) in [4.78, 5) is 10.6. The van der Waals surface area contributed by atoms with Crippen LogP contribution in [0.15, 0.2) is 0 Å². The third-order valence-corrected chi connectivity index (χ3v) is 2.48. The molecule has 1 aliphatic rings. The van der Waals surface area contributed by atoms with E-state index in [4.69, 9.17) is 4.74 Å². The van der Waals surface area contributed by atoms with E-state index in [-0.39, 0.29) is 5.97 Å². The molecule has 1 fully saturated rings. The Bertz CT molecular complexity index is 162. The van der Waals surface area contributed by atoms with Gasteiger partial charge in [0.05, 0.1) is 20.1 Å². The first-order valence-electron chi connectivity index (χ1n) is 4.59. The van der Waals surface area contributed by atoms with Crippen molar-refractivity contribution in [3.63, 3.8) is 0 Å². The van der Waals surface area contributed by atoms with Crippen molar-refractivity contribution >= 4 is 5.97 Å². The molecule has 1 saturated heterocycles. The molecule has 0 aromatic heterocycles. The largest absolute Gasteiger partial charge is 0.415 e. The molecule has 0 saturated carbocycles. The number of piperidine rings is 1. The highest BCUT2D eigenvalue weighted by Crippen LogP contribution is 2.15. The molecule has 1 rings (SSSR count). The average Bonchev–Trinajstić information content (AvgIpc) is 2.03. The van der Waals surface area contributed by atoms with Gasteiger partial charge in [0.2, 0.25) is 6.73 Å². The summed E-state index contributed by atoms with van der Waals surface area (Å²) in [5.74, 6) is -0.167. The molecular weight excluding hydrogens is 154 g/mol. The standard InChI is InChI=1S/C9H18NO2/c1-9(11)12-8-10(2)6-4-3-5-7-10/h3-8H2,1-2H3/q+1. The number of esters is 1. The lowest BCUT2D eigenvalue weighted by Crippen LogP contribution is -2.49. The third-order valence-electron chi connectivity index (χ3n) is 2.48. The second-order valence-electron chi connectivity index (χ2n) is 3.89. The highest BCUT2D eigenvalue weighted by Gasteiger charge is 2.25. The minimum absolute atomic E-state index is 0.167. The Kier molecular flexibility index (Phi) is 3.09. The molecule has 0 unspecified atom stereocenters. The Labute approximate surface area is 73.9 Å². The van der Waals surface area contributed by atoms with E-state index in [0.29, 0.717) is 6.73 Å². The molecule has 70 valence electrons. The Balaban J connectivity index is 2.31. The van der Waals surface area contributed by atoms with E-state index in [1.54, 1.807) is 0 Å². The van der Waals surface area contributed by atoms with Gasteiger partial charge in [0.25, 0.3) is 0 Å². The molecule has 0 N–H and O–H groups in total. The van der Waals surface area contributed by atoms with E-state index in [9.17, 15) is 4.79 Å². The van der Waals surface area contributed by atoms with Gasteiger partial charge in [0, 0.05) is 6.92 Å². The number of hydrogen-bond donors (Lipinski definition) is 0. The van der Waals surface area contributed by atoms with Crippen LogP contribution in [0.25, 0.3) is 0 Å². The lowest BCUT2D eigenvalue weighted by atomic mass is 10.1. The van der Waals surface area contributed by atoms with Gasteiger partial charge in [-0.05, 0) is 19.3 Å². The van der Waals surface area contributed by atoms with Gasteiger partial charge in [0.1, 0.15) is 0 Å². The molecule has 0 radical (unpaired) electrons. The Hall–Kier alpha value is -0.570. The van der Waals surface area contributed by atoms with Crippen molar-refractivity contribution in [1.29, 1.82) is 0 Å². The highest BCUT2D eigenvalue weighted by atomic mass is 16.5. The summed E-state index contributed by atoms with van der Waals surface area (Å²) in [5.41, 5.74) is 0. The van der Waals surface area contributed by atoms with Crippen LogP contribution in [-0.4, -0.2) is 37.3 Å². The number of ether oxygens (including phenoxy) is 1. The highest BCUT2D eigenvalue weighted by molar-refractivity contribution is 5.65. The second-order valence-corrected chi connectivity index (χ2v) is 3.89. The second kappa shape index (κ2) is 3.90. The number of rotatable bonds is 2. The fourth-order valence-corrected chi connectivity index (χ4v) is 1.65. The van der Waals surface area contributed by atoms with Crippen molar-refractivity contribution in [1.82, 2.24) is 0 Å². The van der Waals surface area contributed by atoms with Gasteiger partial charge in [0.15, 0.2) is 0 Å². The monoisotopic (exact) mass is 172 g/mol. The Morgan fingerprint density at radius 1 is 1.33 bits per heavy atom. The minimum atomic E-state index is -0.167. The lowest BCUT2D eigenvalue weighted by molar-refractivity contribution is -0.929. The molecule has 12 heavy (non-hydrogen) atoms. The molecule has 1 aliphatic heterocycles. The number of carbonyl (C=O) groups is 1. The van der Waals surface area contributed by atoms with Gasteiger partial charge < -0.3 is 4.74 Å². The van der Waals surface area contributed by atoms with Gasteiger partial charge in [-0.1, -0.05) is 0 Å². The van der Waals surface area contributed by atoms with Crippen molar-refractivity contribution in [3.05, 3.63) is 0 Å². The molecule has 0 aromatic carbocycles. The van der Waals surface area contributed by atoms with Gasteiger partial charge in [-0.15, -0.1) is 0 Å². The van der Waals surface area contributed by atoms with Crippen LogP contribution in [0.5, 0.6) is 0 Å². The maximum absolute atomic E-state index is 10.6. The van der Waals surface area contributed by atoms with Crippen LogP contribution in [0.3, 0.4) is 0 Å². The summed E-state index contributed by atoms with van der Waals surface area (Å²) in [5, 5.41) is 0. The summed E-state index contributed by atoms with van der Waals surface area (Å²) >= 11 is 0. The van der Waals surface area contributed by atoms with Crippen LogP contribution in [0.4, 0.5) is 0 Å². The van der Waals surface area contributed by atoms with Crippen molar-refractivity contribution in [3.8, 4) is 0 Å². The Morgan fingerprint density at radius 3 is 2.42 bits per heavy atom. The summed E-state index contributed by atoms with van der Waals surface area (Å²) in [6.45, 7) is 4.31. The molecule has 0 atom stereocenters. The number of quaternary nitrogens is 1. The zero-order valence-corrected chi connectivity index (χ0v) is 8.01. The number of nitrogens with zero attached hydrogens (tertiary/aromatic N) is 1. The van der Waals surface area contributed by atoms with Crippen molar-refractivity contribution in [2.75, 3.05) is 26.9 Å². The van der Waals surface area contributed by atoms with Crippen LogP contribution in [0.1, 0.15) is 26.2 Å². The molecule has 1 heterocycles. The predicted octanol–water partition coefficient (Wildman–Crippen LogP) is 1.14. The fraction of sp³-hybridized carbons (Fsp3) is 0.889. The van der Waals surface area contributed by atoms with E-state index < -0.39 is 0 Å². The van der Waals surface area contributed by atoms with Gasteiger partial charge in [-0.2, -0.15) is 0 Å². The van der Waals surface area contributed by atoms with Crippen molar-refractivity contribution < 1.29 is 14.0 Å². The molecule has 0 aromatic rings. The molecule has 3 heteroatoms. The minimum Gasteiger partial charge on any atom is -0.415 e. The van der Waals surface area contributed by atoms with Crippen LogP contribution in [0.2, 0.25) is 0 Å². The molecule has 0 amide bonds. The maximum Gasteiger partial charge on any atom is 0.306 e. The molecule has 3 nitrogen and oxygen atoms in total. The van der Waals surface area contributed by atoms with Gasteiger partial charge in [-0.3, -0.25) is 9.28 Å². The maximum atomic E-state index is 10.6. The molecular formula is C9H18NO2+. The van der Waals surface area contributed by atoms with Gasteiger partial charge >= 0.3 is 5.97 Å². The smallest absolute Gasteiger partial charge is 0.306 e. The fourth-order valence-electron chi connectivity index (χ4n) is 1.65. The number of hydrogen-bond acceptors (Lipinski definition) is 2. The van der Waals surface area contributed by atoms with E-state index in [1.807, 2.05) is 0 Å². The van der Waals surface area contributed by atoms with Crippen LogP contribution in [-0.2, 0) is 9.53 Å². The van der Waals surface area contributed by atoms with E-state index in [2.05, 4.69) is 7.05 Å². The number of carbonyl (C=O) groups excluding carboxylic acids is 1. The topological polar surface area (TPSA) is 26.3 Å². The zero-order valence-electron chi connectivity index (χ0n) is 8.01. The first-order valence-corrected chi connectivity index (χ1v) is 4.59. The van der Waals surface area contributed by atoms with Crippen molar-refractivity contribution in [2.24, 2.45) is 0 Å². The van der Waals surface area contributed by atoms with E-state index in [1.165, 1.54) is 26.2 Å². The molecule has 0 spiro atoms. The average molecular weight is 172 g/mol. The normalized spacial score (nSPS) is 21.8. The predicted molar refractivity (Wildman–Crippen MR) is 46.4 cm³/mol. The van der Waals surface area contributed by atoms with Gasteiger partial charge in [-0.25, -0.2) is 0 Å². The van der Waals surface area contributed by atoms with E-state index in [0.717, 1.165) is 17.6 Å². The Morgan fingerprint density at radius 2 is 1.92 bits per heavy atom. The zero-order chi connectivity index (χ0) is 9.03. The third kappa shape index (κ3) is 2.81. The molecule has 0 aliphatic carbocycles. The summed E-state index contributed by atoms with van der Waals surface area (Å²) < 4.78 is 5.92. The lowest BCUT2D eigenvalue weighted by Gasteiger charge is -2.36. The summed E-state index contributed by atoms with van der Waals surface area (Å²) in [6, 6.07) is 0. The molecule has 0 bridgehead atoms. The first kappa shape index (κ1) is 9.52. The summed E-state index contributed by atoms with van der Waals surface area (Å²) in [7, 11) is 2.15.